The van der Waals surface area contributed by atoms with Crippen LogP contribution in [0.2, 0.25) is 0 Å². The zero-order valence-electron chi connectivity index (χ0n) is 15.0. The standard InChI is InChI=1S/C19H23N3O2S2/c1-12-5-6-14-15(10-12)26-17-16(14)18(23)22(11-13-4-2-8-24-13)19(21-17)25-9-3-7-20/h12-13H,2-6,8-11H2,1H3/t12-,13-/m0/s1. The van der Waals surface area contributed by atoms with E-state index >= 15 is 0 Å². The Balaban J connectivity index is 1.79. The summed E-state index contributed by atoms with van der Waals surface area (Å²) in [5.41, 5.74) is 1.31. The zero-order valence-corrected chi connectivity index (χ0v) is 16.6. The fourth-order valence-corrected chi connectivity index (χ4v) is 6.13. The van der Waals surface area contributed by atoms with Gasteiger partial charge in [-0.25, -0.2) is 4.98 Å². The van der Waals surface area contributed by atoms with E-state index in [2.05, 4.69) is 13.0 Å². The summed E-state index contributed by atoms with van der Waals surface area (Å²) in [7, 11) is 0. The number of nitrogens with zero attached hydrogens (tertiary/aromatic N) is 3. The molecule has 1 aliphatic carbocycles. The number of hydrogen-bond donors (Lipinski definition) is 0. The fraction of sp³-hybridized carbons (Fsp3) is 0.632. The molecule has 0 spiro atoms. The topological polar surface area (TPSA) is 67.9 Å². The summed E-state index contributed by atoms with van der Waals surface area (Å²) in [6.07, 6.45) is 5.77. The molecular formula is C19H23N3O2S2. The van der Waals surface area contributed by atoms with Crippen LogP contribution in [0.5, 0.6) is 0 Å². The normalized spacial score (nSPS) is 22.5. The van der Waals surface area contributed by atoms with Crippen LogP contribution < -0.4 is 5.56 Å². The molecule has 0 aromatic carbocycles. The third-order valence-corrected chi connectivity index (χ3v) is 7.36. The Morgan fingerprint density at radius 2 is 2.35 bits per heavy atom. The molecule has 0 amide bonds. The van der Waals surface area contributed by atoms with Crippen molar-refractivity contribution < 1.29 is 4.74 Å². The average molecular weight is 390 g/mol. The second-order valence-electron chi connectivity index (χ2n) is 7.23. The molecule has 5 nitrogen and oxygen atoms in total. The fourth-order valence-electron chi connectivity index (χ4n) is 3.86. The number of hydrogen-bond acceptors (Lipinski definition) is 6. The van der Waals surface area contributed by atoms with Crippen molar-refractivity contribution in [3.8, 4) is 6.07 Å². The Hall–Kier alpha value is -1.36. The van der Waals surface area contributed by atoms with Gasteiger partial charge in [-0.1, -0.05) is 18.7 Å². The maximum Gasteiger partial charge on any atom is 0.263 e. The first-order chi connectivity index (χ1) is 12.7. The van der Waals surface area contributed by atoms with Crippen molar-refractivity contribution in [1.82, 2.24) is 9.55 Å². The van der Waals surface area contributed by atoms with Crippen LogP contribution in [0.15, 0.2) is 9.95 Å². The summed E-state index contributed by atoms with van der Waals surface area (Å²) in [5, 5.41) is 10.4. The van der Waals surface area contributed by atoms with Crippen molar-refractivity contribution in [2.24, 2.45) is 5.92 Å². The van der Waals surface area contributed by atoms with Gasteiger partial charge in [-0.2, -0.15) is 5.26 Å². The molecule has 0 saturated carbocycles. The second kappa shape index (κ2) is 7.71. The Labute approximate surface area is 161 Å². The van der Waals surface area contributed by atoms with Gasteiger partial charge in [0, 0.05) is 23.7 Å². The van der Waals surface area contributed by atoms with Crippen LogP contribution in [0.4, 0.5) is 0 Å². The van der Waals surface area contributed by atoms with Crippen LogP contribution in [0.1, 0.15) is 43.0 Å². The Kier molecular flexibility index (Phi) is 5.35. The van der Waals surface area contributed by atoms with Gasteiger partial charge in [-0.3, -0.25) is 9.36 Å². The molecule has 4 rings (SSSR count). The van der Waals surface area contributed by atoms with E-state index in [0.29, 0.717) is 24.6 Å². The minimum atomic E-state index is 0.0806. The molecule has 138 valence electrons. The van der Waals surface area contributed by atoms with E-state index in [0.717, 1.165) is 54.1 Å². The molecule has 0 unspecified atom stereocenters. The van der Waals surface area contributed by atoms with Crippen molar-refractivity contribution in [3.63, 3.8) is 0 Å². The monoisotopic (exact) mass is 389 g/mol. The average Bonchev–Trinajstić information content (AvgIpc) is 3.25. The van der Waals surface area contributed by atoms with Gasteiger partial charge in [0.15, 0.2) is 5.16 Å². The van der Waals surface area contributed by atoms with Crippen molar-refractivity contribution in [1.29, 1.82) is 5.26 Å². The van der Waals surface area contributed by atoms with E-state index < -0.39 is 0 Å². The largest absolute Gasteiger partial charge is 0.376 e. The van der Waals surface area contributed by atoms with E-state index in [1.165, 1.54) is 22.2 Å². The molecule has 1 fully saturated rings. The summed E-state index contributed by atoms with van der Waals surface area (Å²) in [6.45, 7) is 3.62. The molecule has 0 radical (unpaired) electrons. The number of ether oxygens (including phenoxy) is 1. The number of aromatic nitrogens is 2. The van der Waals surface area contributed by atoms with Crippen molar-refractivity contribution in [2.45, 2.75) is 63.3 Å². The van der Waals surface area contributed by atoms with E-state index in [1.807, 2.05) is 4.57 Å². The van der Waals surface area contributed by atoms with Crippen molar-refractivity contribution in [3.05, 3.63) is 20.8 Å². The third kappa shape index (κ3) is 3.42. The maximum absolute atomic E-state index is 13.4. The van der Waals surface area contributed by atoms with Gasteiger partial charge in [0.1, 0.15) is 4.83 Å². The van der Waals surface area contributed by atoms with E-state index in [4.69, 9.17) is 15.0 Å². The minimum absolute atomic E-state index is 0.0806. The highest BCUT2D eigenvalue weighted by Crippen LogP contribution is 2.36. The van der Waals surface area contributed by atoms with Gasteiger partial charge in [0.2, 0.25) is 0 Å². The summed E-state index contributed by atoms with van der Waals surface area (Å²) in [6, 6.07) is 2.17. The first-order valence-electron chi connectivity index (χ1n) is 9.33. The summed E-state index contributed by atoms with van der Waals surface area (Å²) in [4.78, 5) is 20.5. The molecule has 2 atom stereocenters. The number of fused-ring (bicyclic) bond motifs is 3. The van der Waals surface area contributed by atoms with Crippen molar-refractivity contribution >= 4 is 33.3 Å². The summed E-state index contributed by atoms with van der Waals surface area (Å²) < 4.78 is 7.58. The predicted octanol–water partition coefficient (Wildman–Crippen LogP) is 3.77. The lowest BCUT2D eigenvalue weighted by Crippen LogP contribution is -2.29. The molecule has 1 saturated heterocycles. The van der Waals surface area contributed by atoms with Crippen LogP contribution in [0.25, 0.3) is 10.2 Å². The van der Waals surface area contributed by atoms with Crippen LogP contribution in [-0.2, 0) is 24.1 Å². The molecular weight excluding hydrogens is 366 g/mol. The summed E-state index contributed by atoms with van der Waals surface area (Å²) in [5.74, 6) is 1.33. The Morgan fingerprint density at radius 1 is 1.46 bits per heavy atom. The SMILES string of the molecule is C[C@H]1CCc2c(sc3nc(SCCC#N)n(C[C@@H]4CCCO4)c(=O)c23)C1. The molecule has 0 bridgehead atoms. The van der Waals surface area contributed by atoms with Crippen LogP contribution in [-0.4, -0.2) is 28.0 Å². The van der Waals surface area contributed by atoms with Crippen LogP contribution in [0, 0.1) is 17.2 Å². The number of rotatable bonds is 5. The lowest BCUT2D eigenvalue weighted by molar-refractivity contribution is 0.0937. The Bertz CT molecular complexity index is 906. The van der Waals surface area contributed by atoms with Crippen LogP contribution >= 0.6 is 23.1 Å². The highest BCUT2D eigenvalue weighted by atomic mass is 32.2. The Morgan fingerprint density at radius 3 is 3.12 bits per heavy atom. The number of aryl methyl sites for hydroxylation is 1. The molecule has 2 aromatic heterocycles. The molecule has 26 heavy (non-hydrogen) atoms. The third-order valence-electron chi connectivity index (χ3n) is 5.24. The molecule has 1 aliphatic heterocycles. The van der Waals surface area contributed by atoms with Crippen molar-refractivity contribution in [2.75, 3.05) is 12.4 Å². The van der Waals surface area contributed by atoms with E-state index in [-0.39, 0.29) is 11.7 Å². The first-order valence-corrected chi connectivity index (χ1v) is 11.1. The summed E-state index contributed by atoms with van der Waals surface area (Å²) >= 11 is 3.20. The quantitative estimate of drug-likeness (QED) is 0.442. The predicted molar refractivity (Wildman–Crippen MR) is 105 cm³/mol. The van der Waals surface area contributed by atoms with Gasteiger partial charge in [0.05, 0.1) is 24.1 Å². The van der Waals surface area contributed by atoms with Gasteiger partial charge < -0.3 is 4.74 Å². The van der Waals surface area contributed by atoms with Gasteiger partial charge in [0.25, 0.3) is 5.56 Å². The number of thiophene rings is 1. The molecule has 7 heteroatoms. The molecule has 3 heterocycles. The second-order valence-corrected chi connectivity index (χ2v) is 9.38. The van der Waals surface area contributed by atoms with Gasteiger partial charge in [-0.15, -0.1) is 11.3 Å². The highest BCUT2D eigenvalue weighted by Gasteiger charge is 2.26. The van der Waals surface area contributed by atoms with E-state index in [9.17, 15) is 4.79 Å². The van der Waals surface area contributed by atoms with Gasteiger partial charge in [-0.05, 0) is 43.6 Å². The van der Waals surface area contributed by atoms with Gasteiger partial charge >= 0.3 is 0 Å². The minimum Gasteiger partial charge on any atom is -0.376 e. The maximum atomic E-state index is 13.4. The lowest BCUT2D eigenvalue weighted by atomic mass is 9.89. The number of thioether (sulfide) groups is 1. The zero-order chi connectivity index (χ0) is 18.1. The van der Waals surface area contributed by atoms with E-state index in [1.54, 1.807) is 11.3 Å². The first kappa shape index (κ1) is 18.0. The number of nitriles is 1. The molecule has 2 aliphatic rings. The van der Waals surface area contributed by atoms with Crippen LogP contribution in [0.3, 0.4) is 0 Å². The smallest absolute Gasteiger partial charge is 0.263 e. The molecule has 0 N–H and O–H groups in total. The lowest BCUT2D eigenvalue weighted by Gasteiger charge is -2.18. The highest BCUT2D eigenvalue weighted by molar-refractivity contribution is 7.99. The molecule has 2 aromatic rings.